The molecule has 1 N–H and O–H groups in total. The fraction of sp³-hybridized carbons (Fsp3) is 0.375. The van der Waals surface area contributed by atoms with Crippen molar-refractivity contribution in [2.24, 2.45) is 13.0 Å². The number of fused-ring (bicyclic) bond motifs is 1. The summed E-state index contributed by atoms with van der Waals surface area (Å²) in [4.78, 5) is 16.5. The number of para-hydroxylation sites is 1. The van der Waals surface area contributed by atoms with E-state index in [0.29, 0.717) is 13.2 Å². The van der Waals surface area contributed by atoms with E-state index in [-0.39, 0.29) is 11.8 Å². The van der Waals surface area contributed by atoms with Gasteiger partial charge >= 0.3 is 0 Å². The summed E-state index contributed by atoms with van der Waals surface area (Å²) in [6, 6.07) is 7.90. The molecule has 2 heterocycles. The molecule has 5 nitrogen and oxygen atoms in total. The zero-order valence-corrected chi connectivity index (χ0v) is 13.3. The SMILES string of the molecule is Cn1ccnc1SCCNC(=O)[C@@H]1COc2ccccc2C1. The van der Waals surface area contributed by atoms with Gasteiger partial charge in [0.25, 0.3) is 0 Å². The largest absolute Gasteiger partial charge is 0.492 e. The molecular formula is C16H19N3O2S. The van der Waals surface area contributed by atoms with E-state index in [1.807, 2.05) is 42.1 Å². The highest BCUT2D eigenvalue weighted by Gasteiger charge is 2.25. The van der Waals surface area contributed by atoms with E-state index in [2.05, 4.69) is 10.3 Å². The van der Waals surface area contributed by atoms with Crippen molar-refractivity contribution in [3.63, 3.8) is 0 Å². The van der Waals surface area contributed by atoms with Gasteiger partial charge in [-0.3, -0.25) is 4.79 Å². The lowest BCUT2D eigenvalue weighted by atomic mass is 9.96. The van der Waals surface area contributed by atoms with Gasteiger partial charge in [-0.25, -0.2) is 4.98 Å². The Morgan fingerprint density at radius 1 is 1.50 bits per heavy atom. The van der Waals surface area contributed by atoms with Crippen LogP contribution in [0.2, 0.25) is 0 Å². The number of nitrogens with one attached hydrogen (secondary N) is 1. The van der Waals surface area contributed by atoms with Crippen molar-refractivity contribution in [3.8, 4) is 5.75 Å². The van der Waals surface area contributed by atoms with Crippen molar-refractivity contribution in [3.05, 3.63) is 42.2 Å². The zero-order valence-electron chi connectivity index (χ0n) is 12.5. The molecular weight excluding hydrogens is 298 g/mol. The van der Waals surface area contributed by atoms with Crippen LogP contribution in [0.5, 0.6) is 5.75 Å². The topological polar surface area (TPSA) is 56.2 Å². The van der Waals surface area contributed by atoms with E-state index in [0.717, 1.165) is 28.6 Å². The second-order valence-corrected chi connectivity index (χ2v) is 6.34. The quantitative estimate of drug-likeness (QED) is 0.676. The Morgan fingerprint density at radius 2 is 2.36 bits per heavy atom. The average Bonchev–Trinajstić information content (AvgIpc) is 2.96. The molecule has 1 aliphatic heterocycles. The minimum atomic E-state index is -0.104. The van der Waals surface area contributed by atoms with Gasteiger partial charge in [0.05, 0.1) is 5.92 Å². The van der Waals surface area contributed by atoms with E-state index in [1.165, 1.54) is 0 Å². The third-order valence-corrected chi connectivity index (χ3v) is 4.72. The number of nitrogens with zero attached hydrogens (tertiary/aromatic N) is 2. The summed E-state index contributed by atoms with van der Waals surface area (Å²) >= 11 is 1.64. The molecule has 1 aromatic carbocycles. The molecule has 1 aliphatic rings. The maximum Gasteiger partial charge on any atom is 0.226 e. The Kier molecular flexibility index (Phi) is 4.68. The van der Waals surface area contributed by atoms with Crippen LogP contribution in [-0.2, 0) is 18.3 Å². The summed E-state index contributed by atoms with van der Waals surface area (Å²) in [5, 5.41) is 3.95. The van der Waals surface area contributed by atoms with Gasteiger partial charge in [-0.05, 0) is 18.1 Å². The summed E-state index contributed by atoms with van der Waals surface area (Å²) < 4.78 is 7.63. The number of hydrogen-bond donors (Lipinski definition) is 1. The molecule has 0 aliphatic carbocycles. The number of benzene rings is 1. The molecule has 0 bridgehead atoms. The van der Waals surface area contributed by atoms with Gasteiger partial charge in [-0.15, -0.1) is 0 Å². The van der Waals surface area contributed by atoms with Crippen LogP contribution >= 0.6 is 11.8 Å². The van der Waals surface area contributed by atoms with Crippen molar-refractivity contribution in [1.82, 2.24) is 14.9 Å². The Morgan fingerprint density at radius 3 is 3.18 bits per heavy atom. The molecule has 0 fully saturated rings. The van der Waals surface area contributed by atoms with Crippen molar-refractivity contribution in [2.75, 3.05) is 18.9 Å². The first-order valence-electron chi connectivity index (χ1n) is 7.32. The van der Waals surface area contributed by atoms with Crippen LogP contribution in [0.25, 0.3) is 0 Å². The first kappa shape index (κ1) is 15.0. The van der Waals surface area contributed by atoms with Crippen LogP contribution in [0.4, 0.5) is 0 Å². The van der Waals surface area contributed by atoms with Crippen molar-refractivity contribution >= 4 is 17.7 Å². The monoisotopic (exact) mass is 317 g/mol. The number of aromatic nitrogens is 2. The highest BCUT2D eigenvalue weighted by Crippen LogP contribution is 2.26. The van der Waals surface area contributed by atoms with Crippen LogP contribution in [0.15, 0.2) is 41.8 Å². The lowest BCUT2D eigenvalue weighted by Crippen LogP contribution is -2.38. The Bertz CT molecular complexity index is 656. The van der Waals surface area contributed by atoms with Crippen LogP contribution in [-0.4, -0.2) is 34.4 Å². The second kappa shape index (κ2) is 6.87. The number of imidazole rings is 1. The fourth-order valence-corrected chi connectivity index (χ4v) is 3.23. The first-order valence-corrected chi connectivity index (χ1v) is 8.31. The summed E-state index contributed by atoms with van der Waals surface area (Å²) in [7, 11) is 1.96. The maximum atomic E-state index is 12.2. The second-order valence-electron chi connectivity index (χ2n) is 5.28. The van der Waals surface area contributed by atoms with Crippen LogP contribution in [0, 0.1) is 5.92 Å². The van der Waals surface area contributed by atoms with E-state index in [4.69, 9.17) is 4.74 Å². The molecule has 22 heavy (non-hydrogen) atoms. The third kappa shape index (κ3) is 3.44. The van der Waals surface area contributed by atoms with E-state index < -0.39 is 0 Å². The smallest absolute Gasteiger partial charge is 0.226 e. The maximum absolute atomic E-state index is 12.2. The number of carbonyl (C=O) groups is 1. The molecule has 3 rings (SSSR count). The minimum absolute atomic E-state index is 0.0648. The molecule has 2 aromatic rings. The zero-order chi connectivity index (χ0) is 15.4. The van der Waals surface area contributed by atoms with Crippen LogP contribution in [0.1, 0.15) is 5.56 Å². The molecule has 0 unspecified atom stereocenters. The lowest BCUT2D eigenvalue weighted by molar-refractivity contribution is -0.126. The van der Waals surface area contributed by atoms with Gasteiger partial charge in [0, 0.05) is 31.7 Å². The van der Waals surface area contributed by atoms with Crippen molar-refractivity contribution in [1.29, 1.82) is 0 Å². The van der Waals surface area contributed by atoms with E-state index in [1.54, 1.807) is 18.0 Å². The highest BCUT2D eigenvalue weighted by molar-refractivity contribution is 7.99. The molecule has 0 radical (unpaired) electrons. The minimum Gasteiger partial charge on any atom is -0.492 e. The molecule has 0 saturated heterocycles. The normalized spacial score (nSPS) is 16.7. The standard InChI is InChI=1S/C16H19N3O2S/c1-19-8-6-18-16(19)22-9-7-17-15(20)13-10-12-4-2-3-5-14(12)21-11-13/h2-6,8,13H,7,9-11H2,1H3,(H,17,20)/t13-/m0/s1. The molecule has 6 heteroatoms. The number of aryl methyl sites for hydroxylation is 1. The van der Waals surface area contributed by atoms with Crippen LogP contribution in [0.3, 0.4) is 0 Å². The Labute approximate surface area is 134 Å². The molecule has 1 amide bonds. The van der Waals surface area contributed by atoms with Crippen molar-refractivity contribution < 1.29 is 9.53 Å². The number of hydrogen-bond acceptors (Lipinski definition) is 4. The average molecular weight is 317 g/mol. The van der Waals surface area contributed by atoms with Gasteiger partial charge in [-0.2, -0.15) is 0 Å². The van der Waals surface area contributed by atoms with Gasteiger partial charge in [-0.1, -0.05) is 30.0 Å². The fourth-order valence-electron chi connectivity index (χ4n) is 2.45. The van der Waals surface area contributed by atoms with E-state index >= 15 is 0 Å². The number of thioether (sulfide) groups is 1. The first-order chi connectivity index (χ1) is 10.7. The number of carbonyl (C=O) groups excluding carboxylic acids is 1. The van der Waals surface area contributed by atoms with Gasteiger partial charge < -0.3 is 14.6 Å². The highest BCUT2D eigenvalue weighted by atomic mass is 32.2. The summed E-state index contributed by atoms with van der Waals surface area (Å²) in [5.74, 6) is 1.67. The summed E-state index contributed by atoms with van der Waals surface area (Å²) in [6.45, 7) is 1.09. The number of ether oxygens (including phenoxy) is 1. The van der Waals surface area contributed by atoms with Crippen LogP contribution < -0.4 is 10.1 Å². The molecule has 0 saturated carbocycles. The summed E-state index contributed by atoms with van der Waals surface area (Å²) in [6.07, 6.45) is 4.43. The third-order valence-electron chi connectivity index (χ3n) is 3.66. The number of rotatable bonds is 5. The number of amides is 1. The van der Waals surface area contributed by atoms with Gasteiger partial charge in [0.2, 0.25) is 5.91 Å². The van der Waals surface area contributed by atoms with Crippen molar-refractivity contribution in [2.45, 2.75) is 11.6 Å². The molecule has 1 aromatic heterocycles. The molecule has 0 spiro atoms. The van der Waals surface area contributed by atoms with E-state index in [9.17, 15) is 4.79 Å². The van der Waals surface area contributed by atoms with Gasteiger partial charge in [0.15, 0.2) is 5.16 Å². The Balaban J connectivity index is 1.44. The molecule has 116 valence electrons. The predicted octanol–water partition coefficient (Wildman–Crippen LogP) is 1.88. The predicted molar refractivity (Wildman–Crippen MR) is 86.1 cm³/mol. The van der Waals surface area contributed by atoms with Gasteiger partial charge in [0.1, 0.15) is 12.4 Å². The lowest BCUT2D eigenvalue weighted by Gasteiger charge is -2.24. The summed E-state index contributed by atoms with van der Waals surface area (Å²) in [5.41, 5.74) is 1.11. The Hall–Kier alpha value is -1.95. The molecule has 1 atom stereocenters.